The van der Waals surface area contributed by atoms with Crippen molar-refractivity contribution in [3.8, 4) is 0 Å². The van der Waals surface area contributed by atoms with Crippen molar-refractivity contribution < 1.29 is 4.79 Å². The second kappa shape index (κ2) is 3.87. The van der Waals surface area contributed by atoms with Gasteiger partial charge in [-0.25, -0.2) is 4.98 Å². The van der Waals surface area contributed by atoms with E-state index in [1.165, 1.54) is 6.20 Å². The van der Waals surface area contributed by atoms with Crippen LogP contribution < -0.4 is 5.32 Å². The van der Waals surface area contributed by atoms with Gasteiger partial charge in [0, 0.05) is 17.7 Å². The summed E-state index contributed by atoms with van der Waals surface area (Å²) in [7, 11) is 1.54. The van der Waals surface area contributed by atoms with Crippen molar-refractivity contribution in [2.75, 3.05) is 7.05 Å². The van der Waals surface area contributed by atoms with Crippen molar-refractivity contribution in [2.45, 2.75) is 0 Å². The number of carbonyl (C=O) groups excluding carboxylic acids is 1. The minimum absolute atomic E-state index is 0.206. The average molecular weight is 249 g/mol. The summed E-state index contributed by atoms with van der Waals surface area (Å²) < 4.78 is 0.727. The molecule has 12 heavy (non-hydrogen) atoms. The van der Waals surface area contributed by atoms with Gasteiger partial charge in [-0.2, -0.15) is 0 Å². The van der Waals surface area contributed by atoms with Crippen molar-refractivity contribution in [3.63, 3.8) is 0 Å². The molecule has 1 rings (SSSR count). The highest BCUT2D eigenvalue weighted by molar-refractivity contribution is 9.10. The summed E-state index contributed by atoms with van der Waals surface area (Å²) in [5.41, 5.74) is 0.369. The van der Waals surface area contributed by atoms with Gasteiger partial charge in [0.2, 0.25) is 0 Å². The lowest BCUT2D eigenvalue weighted by molar-refractivity contribution is 0.0963. The Bertz CT molecular complexity index is 316. The minimum atomic E-state index is -0.242. The fraction of sp³-hybridized carbons (Fsp3) is 0.143. The molecule has 0 saturated carbocycles. The Kier molecular flexibility index (Phi) is 3.05. The normalized spacial score (nSPS) is 9.58. The molecule has 0 fully saturated rings. The third-order valence-electron chi connectivity index (χ3n) is 1.28. The highest BCUT2D eigenvalue weighted by Gasteiger charge is 2.09. The molecular weight excluding hydrogens is 243 g/mol. The van der Waals surface area contributed by atoms with Gasteiger partial charge in [-0.3, -0.25) is 4.79 Å². The van der Waals surface area contributed by atoms with Crippen LogP contribution in [0.2, 0.25) is 5.15 Å². The molecule has 1 heterocycles. The molecule has 1 N–H and O–H groups in total. The highest BCUT2D eigenvalue weighted by atomic mass is 79.9. The standard InChI is InChI=1S/C7H6BrClN2O/c1-10-7(12)5-2-4(8)3-11-6(5)9/h2-3H,1H3,(H,10,12). The Balaban J connectivity index is 3.13. The summed E-state index contributed by atoms with van der Waals surface area (Å²) in [6.45, 7) is 0. The number of rotatable bonds is 1. The van der Waals surface area contributed by atoms with E-state index in [1.807, 2.05) is 0 Å². The number of amides is 1. The molecule has 0 saturated heterocycles. The third-order valence-corrected chi connectivity index (χ3v) is 2.01. The van der Waals surface area contributed by atoms with Gasteiger partial charge in [0.1, 0.15) is 5.15 Å². The van der Waals surface area contributed by atoms with E-state index in [-0.39, 0.29) is 11.1 Å². The molecule has 3 nitrogen and oxygen atoms in total. The summed E-state index contributed by atoms with van der Waals surface area (Å²) in [6, 6.07) is 1.62. The summed E-state index contributed by atoms with van der Waals surface area (Å²) in [5, 5.41) is 2.67. The molecule has 64 valence electrons. The van der Waals surface area contributed by atoms with Gasteiger partial charge in [-0.1, -0.05) is 11.6 Å². The smallest absolute Gasteiger partial charge is 0.254 e. The molecule has 1 amide bonds. The van der Waals surface area contributed by atoms with Gasteiger partial charge >= 0.3 is 0 Å². The number of carbonyl (C=O) groups is 1. The maximum Gasteiger partial charge on any atom is 0.254 e. The molecule has 0 radical (unpaired) electrons. The SMILES string of the molecule is CNC(=O)c1cc(Br)cnc1Cl. The first-order valence-electron chi connectivity index (χ1n) is 3.18. The molecule has 0 aromatic carbocycles. The first-order valence-corrected chi connectivity index (χ1v) is 4.35. The Morgan fingerprint density at radius 2 is 2.42 bits per heavy atom. The molecule has 0 aliphatic rings. The Labute approximate surface area is 83.3 Å². The lowest BCUT2D eigenvalue weighted by Gasteiger charge is -2.01. The second-order valence-electron chi connectivity index (χ2n) is 2.07. The van der Waals surface area contributed by atoms with E-state index in [4.69, 9.17) is 11.6 Å². The van der Waals surface area contributed by atoms with E-state index in [9.17, 15) is 4.79 Å². The van der Waals surface area contributed by atoms with Gasteiger partial charge in [0.15, 0.2) is 0 Å². The lowest BCUT2D eigenvalue weighted by Crippen LogP contribution is -2.18. The van der Waals surface area contributed by atoms with Gasteiger partial charge in [0.25, 0.3) is 5.91 Å². The van der Waals surface area contributed by atoms with Crippen LogP contribution in [-0.2, 0) is 0 Å². The number of hydrogen-bond donors (Lipinski definition) is 1. The first-order chi connectivity index (χ1) is 5.65. The van der Waals surface area contributed by atoms with E-state index in [0.717, 1.165) is 4.47 Å². The topological polar surface area (TPSA) is 42.0 Å². The van der Waals surface area contributed by atoms with Crippen LogP contribution in [0.5, 0.6) is 0 Å². The summed E-state index contributed by atoms with van der Waals surface area (Å²) in [4.78, 5) is 14.9. The van der Waals surface area contributed by atoms with Crippen molar-refractivity contribution in [2.24, 2.45) is 0 Å². The van der Waals surface area contributed by atoms with Gasteiger partial charge in [-0.05, 0) is 22.0 Å². The highest BCUT2D eigenvalue weighted by Crippen LogP contribution is 2.17. The number of nitrogens with one attached hydrogen (secondary N) is 1. The van der Waals surface area contributed by atoms with Gasteiger partial charge < -0.3 is 5.32 Å². The number of nitrogens with zero attached hydrogens (tertiary/aromatic N) is 1. The molecule has 0 aliphatic carbocycles. The molecule has 1 aromatic rings. The Hall–Kier alpha value is -0.610. The summed E-state index contributed by atoms with van der Waals surface area (Å²) in [6.07, 6.45) is 1.54. The van der Waals surface area contributed by atoms with Crippen LogP contribution in [0.4, 0.5) is 0 Å². The lowest BCUT2D eigenvalue weighted by atomic mass is 10.3. The summed E-state index contributed by atoms with van der Waals surface area (Å²) in [5.74, 6) is -0.242. The van der Waals surface area contributed by atoms with Crippen LogP contribution in [-0.4, -0.2) is 17.9 Å². The van der Waals surface area contributed by atoms with Crippen LogP contribution in [0, 0.1) is 0 Å². The number of pyridine rings is 1. The molecule has 0 atom stereocenters. The second-order valence-corrected chi connectivity index (χ2v) is 3.34. The third kappa shape index (κ3) is 1.95. The molecule has 0 bridgehead atoms. The molecule has 0 spiro atoms. The van der Waals surface area contributed by atoms with Crippen LogP contribution in [0.1, 0.15) is 10.4 Å². The maximum absolute atomic E-state index is 11.1. The van der Waals surface area contributed by atoms with E-state index in [2.05, 4.69) is 26.2 Å². The van der Waals surface area contributed by atoms with Gasteiger partial charge in [-0.15, -0.1) is 0 Å². The molecule has 1 aromatic heterocycles. The fourth-order valence-corrected chi connectivity index (χ4v) is 1.24. The molecule has 0 unspecified atom stereocenters. The average Bonchev–Trinajstić information content (AvgIpc) is 2.08. The van der Waals surface area contributed by atoms with E-state index in [0.29, 0.717) is 5.56 Å². The molecular formula is C7H6BrClN2O. The summed E-state index contributed by atoms with van der Waals surface area (Å²) >= 11 is 8.87. The van der Waals surface area contributed by atoms with Crippen LogP contribution in [0.25, 0.3) is 0 Å². The largest absolute Gasteiger partial charge is 0.355 e. The number of hydrogen-bond acceptors (Lipinski definition) is 2. The minimum Gasteiger partial charge on any atom is -0.355 e. The Morgan fingerprint density at radius 3 is 3.00 bits per heavy atom. The zero-order valence-electron chi connectivity index (χ0n) is 6.27. The van der Waals surface area contributed by atoms with Crippen molar-refractivity contribution in [3.05, 3.63) is 27.5 Å². The monoisotopic (exact) mass is 248 g/mol. The number of halogens is 2. The van der Waals surface area contributed by atoms with E-state index in [1.54, 1.807) is 13.1 Å². The van der Waals surface area contributed by atoms with E-state index < -0.39 is 0 Å². The molecule has 0 aliphatic heterocycles. The van der Waals surface area contributed by atoms with Crippen LogP contribution >= 0.6 is 27.5 Å². The maximum atomic E-state index is 11.1. The molecule has 5 heteroatoms. The predicted molar refractivity (Wildman–Crippen MR) is 50.3 cm³/mol. The van der Waals surface area contributed by atoms with Crippen molar-refractivity contribution in [1.29, 1.82) is 0 Å². The van der Waals surface area contributed by atoms with Gasteiger partial charge in [0.05, 0.1) is 5.56 Å². The van der Waals surface area contributed by atoms with Crippen molar-refractivity contribution in [1.82, 2.24) is 10.3 Å². The predicted octanol–water partition coefficient (Wildman–Crippen LogP) is 1.86. The zero-order valence-corrected chi connectivity index (χ0v) is 8.61. The van der Waals surface area contributed by atoms with E-state index >= 15 is 0 Å². The van der Waals surface area contributed by atoms with Crippen molar-refractivity contribution >= 4 is 33.4 Å². The zero-order chi connectivity index (χ0) is 9.14. The number of aromatic nitrogens is 1. The quantitative estimate of drug-likeness (QED) is 0.772. The fourth-order valence-electron chi connectivity index (χ4n) is 0.716. The first kappa shape index (κ1) is 9.48. The Morgan fingerprint density at radius 1 is 1.75 bits per heavy atom. The van der Waals surface area contributed by atoms with Crippen LogP contribution in [0.3, 0.4) is 0 Å². The van der Waals surface area contributed by atoms with Crippen LogP contribution in [0.15, 0.2) is 16.7 Å².